The molecule has 124 valence electrons. The molecule has 2 rings (SSSR count). The second-order valence-corrected chi connectivity index (χ2v) is 5.85. The number of aryl methyl sites for hydroxylation is 2. The van der Waals surface area contributed by atoms with Gasteiger partial charge in [-0.15, -0.1) is 0 Å². The third kappa shape index (κ3) is 3.62. The highest BCUT2D eigenvalue weighted by atomic mass is 16.4. The lowest BCUT2D eigenvalue weighted by Gasteiger charge is -2.05. The molecule has 0 saturated carbocycles. The predicted molar refractivity (Wildman–Crippen MR) is 89.3 cm³/mol. The Hall–Kier alpha value is -2.14. The molecule has 0 spiro atoms. The molecule has 0 aliphatic heterocycles. The van der Waals surface area contributed by atoms with E-state index in [0.717, 1.165) is 29.3 Å². The van der Waals surface area contributed by atoms with E-state index in [0.29, 0.717) is 30.5 Å². The van der Waals surface area contributed by atoms with E-state index in [9.17, 15) is 14.7 Å². The summed E-state index contributed by atoms with van der Waals surface area (Å²) < 4.78 is 0. The Morgan fingerprint density at radius 1 is 1.22 bits per heavy atom. The molecule has 1 aromatic heterocycles. The van der Waals surface area contributed by atoms with E-state index in [1.165, 1.54) is 0 Å². The molecule has 3 N–H and O–H groups in total. The van der Waals surface area contributed by atoms with Crippen LogP contribution in [0.5, 0.6) is 0 Å². The summed E-state index contributed by atoms with van der Waals surface area (Å²) in [5.41, 5.74) is 3.06. The summed E-state index contributed by atoms with van der Waals surface area (Å²) in [6.45, 7) is 3.82. The minimum absolute atomic E-state index is 0.0346. The number of carboxylic acids is 1. The molecule has 0 amide bonds. The molecule has 5 heteroatoms. The largest absolute Gasteiger partial charge is 0.478 e. The SMILES string of the molecule is CCCCC(=O)c1[nH]c2cc(C)c(C(=O)O)cc2c1CCCO. The quantitative estimate of drug-likeness (QED) is 0.650. The zero-order chi connectivity index (χ0) is 17.0. The number of carbonyl (C=O) groups excluding carboxylic acids is 1. The first-order chi connectivity index (χ1) is 11.0. The van der Waals surface area contributed by atoms with Crippen LogP contribution in [0.1, 0.15) is 64.6 Å². The van der Waals surface area contributed by atoms with Crippen LogP contribution in [0.4, 0.5) is 0 Å². The van der Waals surface area contributed by atoms with E-state index < -0.39 is 5.97 Å². The molecule has 1 heterocycles. The Labute approximate surface area is 135 Å². The average Bonchev–Trinajstić information content (AvgIpc) is 2.86. The Morgan fingerprint density at radius 3 is 2.57 bits per heavy atom. The number of unbranched alkanes of at least 4 members (excludes halogenated alkanes) is 1. The maximum absolute atomic E-state index is 12.5. The number of aromatic nitrogens is 1. The summed E-state index contributed by atoms with van der Waals surface area (Å²) in [7, 11) is 0. The summed E-state index contributed by atoms with van der Waals surface area (Å²) in [5.74, 6) is -0.928. The molecule has 0 aliphatic carbocycles. The van der Waals surface area contributed by atoms with E-state index >= 15 is 0 Å². The lowest BCUT2D eigenvalue weighted by Crippen LogP contribution is -2.04. The summed E-state index contributed by atoms with van der Waals surface area (Å²) in [6.07, 6.45) is 3.33. The normalized spacial score (nSPS) is 11.1. The summed E-state index contributed by atoms with van der Waals surface area (Å²) in [4.78, 5) is 27.0. The molecule has 5 nitrogen and oxygen atoms in total. The van der Waals surface area contributed by atoms with Crippen molar-refractivity contribution in [1.29, 1.82) is 0 Å². The van der Waals surface area contributed by atoms with Crippen LogP contribution < -0.4 is 0 Å². The van der Waals surface area contributed by atoms with Crippen LogP contribution in [-0.2, 0) is 6.42 Å². The van der Waals surface area contributed by atoms with Gasteiger partial charge in [-0.2, -0.15) is 0 Å². The number of aromatic carboxylic acids is 1. The minimum Gasteiger partial charge on any atom is -0.478 e. The number of aliphatic hydroxyl groups excluding tert-OH is 1. The fraction of sp³-hybridized carbons (Fsp3) is 0.444. The van der Waals surface area contributed by atoms with Gasteiger partial charge in [-0.3, -0.25) is 4.79 Å². The number of hydrogen-bond donors (Lipinski definition) is 3. The molecule has 0 fully saturated rings. The fourth-order valence-electron chi connectivity index (χ4n) is 2.85. The van der Waals surface area contributed by atoms with E-state index in [2.05, 4.69) is 4.98 Å². The Balaban J connectivity index is 2.57. The Kier molecular flexibility index (Phi) is 5.55. The van der Waals surface area contributed by atoms with E-state index in [4.69, 9.17) is 5.11 Å². The smallest absolute Gasteiger partial charge is 0.335 e. The van der Waals surface area contributed by atoms with Crippen LogP contribution in [0.2, 0.25) is 0 Å². The molecule has 0 radical (unpaired) electrons. The Morgan fingerprint density at radius 2 is 1.96 bits per heavy atom. The number of ketones is 1. The number of fused-ring (bicyclic) bond motifs is 1. The summed E-state index contributed by atoms with van der Waals surface area (Å²) in [5, 5.41) is 19.2. The first-order valence-corrected chi connectivity index (χ1v) is 8.02. The number of H-pyrrole nitrogens is 1. The van der Waals surface area contributed by atoms with Gasteiger partial charge < -0.3 is 15.2 Å². The van der Waals surface area contributed by atoms with Gasteiger partial charge >= 0.3 is 5.97 Å². The second-order valence-electron chi connectivity index (χ2n) is 5.85. The molecule has 23 heavy (non-hydrogen) atoms. The third-order valence-electron chi connectivity index (χ3n) is 4.10. The number of carbonyl (C=O) groups is 2. The molecule has 0 unspecified atom stereocenters. The lowest BCUT2D eigenvalue weighted by atomic mass is 9.99. The van der Waals surface area contributed by atoms with Gasteiger partial charge in [0.1, 0.15) is 0 Å². The number of rotatable bonds is 8. The van der Waals surface area contributed by atoms with Crippen molar-refractivity contribution in [3.8, 4) is 0 Å². The summed E-state index contributed by atoms with van der Waals surface area (Å²) in [6, 6.07) is 3.41. The van der Waals surface area contributed by atoms with Crippen LogP contribution in [0.25, 0.3) is 10.9 Å². The number of carboxylic acid groups (broad SMARTS) is 1. The number of nitrogens with one attached hydrogen (secondary N) is 1. The first kappa shape index (κ1) is 17.2. The number of benzene rings is 1. The minimum atomic E-state index is -0.974. The van der Waals surface area contributed by atoms with Crippen molar-refractivity contribution in [3.05, 3.63) is 34.5 Å². The lowest BCUT2D eigenvalue weighted by molar-refractivity contribution is 0.0696. The molecular weight excluding hydrogens is 294 g/mol. The van der Waals surface area contributed by atoms with Crippen molar-refractivity contribution in [2.75, 3.05) is 6.61 Å². The van der Waals surface area contributed by atoms with Gasteiger partial charge in [-0.05, 0) is 49.4 Å². The van der Waals surface area contributed by atoms with Gasteiger partial charge in [0.05, 0.1) is 11.3 Å². The van der Waals surface area contributed by atoms with Gasteiger partial charge in [0.25, 0.3) is 0 Å². The topological polar surface area (TPSA) is 90.4 Å². The fourth-order valence-corrected chi connectivity index (χ4v) is 2.85. The highest BCUT2D eigenvalue weighted by Gasteiger charge is 2.19. The van der Waals surface area contributed by atoms with Gasteiger partial charge in [0.15, 0.2) is 5.78 Å². The van der Waals surface area contributed by atoms with E-state index in [1.54, 1.807) is 19.1 Å². The number of hydrogen-bond acceptors (Lipinski definition) is 3. The van der Waals surface area contributed by atoms with Gasteiger partial charge in [-0.1, -0.05) is 13.3 Å². The van der Waals surface area contributed by atoms with Gasteiger partial charge in [0.2, 0.25) is 0 Å². The van der Waals surface area contributed by atoms with Crippen molar-refractivity contribution >= 4 is 22.7 Å². The van der Waals surface area contributed by atoms with E-state index in [-0.39, 0.29) is 18.0 Å². The predicted octanol–water partition coefficient (Wildman–Crippen LogP) is 3.47. The van der Waals surface area contributed by atoms with Crippen LogP contribution in [-0.4, -0.2) is 33.6 Å². The van der Waals surface area contributed by atoms with Crippen LogP contribution in [0, 0.1) is 6.92 Å². The van der Waals surface area contributed by atoms with Crippen molar-refractivity contribution in [3.63, 3.8) is 0 Å². The van der Waals surface area contributed by atoms with E-state index in [1.807, 2.05) is 6.92 Å². The molecule has 1 aromatic carbocycles. The van der Waals surface area contributed by atoms with Crippen LogP contribution in [0.3, 0.4) is 0 Å². The van der Waals surface area contributed by atoms with Crippen molar-refractivity contribution < 1.29 is 19.8 Å². The molecule has 0 saturated heterocycles. The highest BCUT2D eigenvalue weighted by molar-refractivity contribution is 6.04. The molecule has 0 atom stereocenters. The van der Waals surface area contributed by atoms with Gasteiger partial charge in [-0.25, -0.2) is 4.79 Å². The second kappa shape index (κ2) is 7.42. The molecule has 0 aliphatic rings. The van der Waals surface area contributed by atoms with Crippen LogP contribution >= 0.6 is 0 Å². The van der Waals surface area contributed by atoms with Crippen molar-refractivity contribution in [2.24, 2.45) is 0 Å². The number of Topliss-reactive ketones (excluding diaryl/α,β-unsaturated/α-hetero) is 1. The number of aliphatic hydroxyl groups is 1. The average molecular weight is 317 g/mol. The van der Waals surface area contributed by atoms with Crippen molar-refractivity contribution in [2.45, 2.75) is 46.0 Å². The standard InChI is InChI=1S/C18H23NO4/c1-3-4-7-16(21)17-12(6-5-8-20)14-10-13(18(22)23)11(2)9-15(14)19-17/h9-10,19-20H,3-8H2,1-2H3,(H,22,23). The van der Waals surface area contributed by atoms with Gasteiger partial charge in [0, 0.05) is 23.9 Å². The first-order valence-electron chi connectivity index (χ1n) is 8.02. The monoisotopic (exact) mass is 317 g/mol. The maximum Gasteiger partial charge on any atom is 0.335 e. The zero-order valence-electron chi connectivity index (χ0n) is 13.6. The van der Waals surface area contributed by atoms with Crippen molar-refractivity contribution in [1.82, 2.24) is 4.98 Å². The number of aromatic amines is 1. The third-order valence-corrected chi connectivity index (χ3v) is 4.10. The molecule has 0 bridgehead atoms. The summed E-state index contributed by atoms with van der Waals surface area (Å²) >= 11 is 0. The van der Waals surface area contributed by atoms with Crippen LogP contribution in [0.15, 0.2) is 12.1 Å². The Bertz CT molecular complexity index is 730. The maximum atomic E-state index is 12.5. The highest BCUT2D eigenvalue weighted by Crippen LogP contribution is 2.28. The molecule has 2 aromatic rings. The zero-order valence-corrected chi connectivity index (χ0v) is 13.6. The molecular formula is C18H23NO4.